The summed E-state index contributed by atoms with van der Waals surface area (Å²) in [5, 5.41) is 11.8. The number of hydrogen-bond acceptors (Lipinski definition) is 6. The first kappa shape index (κ1) is 16.6. The van der Waals surface area contributed by atoms with E-state index >= 15 is 0 Å². The summed E-state index contributed by atoms with van der Waals surface area (Å²) in [6, 6.07) is 11.9. The minimum absolute atomic E-state index is 0.0194. The molecule has 2 aromatic rings. The molecular formula is C20H18O6. The van der Waals surface area contributed by atoms with E-state index in [1.807, 2.05) is 0 Å². The molecule has 3 atom stereocenters. The minimum atomic E-state index is -1.55. The summed E-state index contributed by atoms with van der Waals surface area (Å²) >= 11 is 0. The maximum atomic E-state index is 12.8. The zero-order valence-corrected chi connectivity index (χ0v) is 14.4. The normalized spacial score (nSPS) is 26.7. The van der Waals surface area contributed by atoms with Gasteiger partial charge in [-0.25, -0.2) is 0 Å². The number of fused-ring (bicyclic) bond motifs is 2. The zero-order valence-electron chi connectivity index (χ0n) is 14.4. The number of rotatable bonds is 3. The highest BCUT2D eigenvalue weighted by Gasteiger charge is 2.58. The number of ether oxygens (including phenoxy) is 3. The Kier molecular flexibility index (Phi) is 3.73. The third-order valence-corrected chi connectivity index (χ3v) is 5.31. The molecule has 2 aliphatic rings. The van der Waals surface area contributed by atoms with Crippen molar-refractivity contribution < 1.29 is 28.9 Å². The molecule has 1 fully saturated rings. The topological polar surface area (TPSA) is 82.1 Å². The number of esters is 1. The molecule has 26 heavy (non-hydrogen) atoms. The average molecular weight is 354 g/mol. The fourth-order valence-electron chi connectivity index (χ4n) is 4.01. The number of Topliss-reactive ketones (excluding diaryl/α,β-unsaturated/α-hetero) is 1. The van der Waals surface area contributed by atoms with E-state index in [0.29, 0.717) is 28.2 Å². The first-order valence-electron chi connectivity index (χ1n) is 8.27. The van der Waals surface area contributed by atoms with Gasteiger partial charge < -0.3 is 19.3 Å². The van der Waals surface area contributed by atoms with Crippen LogP contribution in [0.25, 0.3) is 0 Å². The van der Waals surface area contributed by atoms with Crippen LogP contribution in [0.3, 0.4) is 0 Å². The predicted octanol–water partition coefficient (Wildman–Crippen LogP) is 1.93. The van der Waals surface area contributed by atoms with Gasteiger partial charge in [-0.2, -0.15) is 0 Å². The Morgan fingerprint density at radius 1 is 1.08 bits per heavy atom. The summed E-state index contributed by atoms with van der Waals surface area (Å²) in [6.45, 7) is -0.0194. The molecule has 0 radical (unpaired) electrons. The van der Waals surface area contributed by atoms with Gasteiger partial charge in [-0.3, -0.25) is 9.59 Å². The molecule has 6 heteroatoms. The van der Waals surface area contributed by atoms with Crippen LogP contribution >= 0.6 is 0 Å². The van der Waals surface area contributed by atoms with Gasteiger partial charge in [-0.15, -0.1) is 0 Å². The van der Waals surface area contributed by atoms with Gasteiger partial charge in [-0.05, 0) is 23.3 Å². The van der Waals surface area contributed by atoms with E-state index < -0.39 is 23.4 Å². The van der Waals surface area contributed by atoms with Gasteiger partial charge >= 0.3 is 5.97 Å². The molecule has 1 aliphatic heterocycles. The van der Waals surface area contributed by atoms with Crippen molar-refractivity contribution in [2.45, 2.75) is 5.60 Å². The van der Waals surface area contributed by atoms with Gasteiger partial charge in [0.25, 0.3) is 0 Å². The molecule has 1 saturated heterocycles. The number of hydrogen-bond donors (Lipinski definition) is 1. The third kappa shape index (κ3) is 2.08. The molecule has 3 unspecified atom stereocenters. The molecular weight excluding hydrogens is 336 g/mol. The Hall–Kier alpha value is -2.86. The smallest absolute Gasteiger partial charge is 0.317 e. The number of aliphatic hydroxyl groups is 1. The highest BCUT2D eigenvalue weighted by Crippen LogP contribution is 2.50. The molecule has 1 aliphatic carbocycles. The quantitative estimate of drug-likeness (QED) is 0.670. The number of methoxy groups -OCH3 is 2. The van der Waals surface area contributed by atoms with Gasteiger partial charge in [-0.1, -0.05) is 30.3 Å². The Morgan fingerprint density at radius 3 is 2.54 bits per heavy atom. The lowest BCUT2D eigenvalue weighted by atomic mass is 9.64. The third-order valence-electron chi connectivity index (χ3n) is 5.31. The van der Waals surface area contributed by atoms with Gasteiger partial charge in [0.05, 0.1) is 26.7 Å². The highest BCUT2D eigenvalue weighted by atomic mass is 16.5. The lowest BCUT2D eigenvalue weighted by molar-refractivity contribution is -0.140. The molecule has 134 valence electrons. The van der Waals surface area contributed by atoms with Crippen LogP contribution in [0.1, 0.15) is 21.5 Å². The fourth-order valence-corrected chi connectivity index (χ4v) is 4.01. The zero-order chi connectivity index (χ0) is 18.5. The molecule has 6 nitrogen and oxygen atoms in total. The van der Waals surface area contributed by atoms with Crippen LogP contribution in [-0.2, 0) is 15.1 Å². The first-order valence-corrected chi connectivity index (χ1v) is 8.27. The summed E-state index contributed by atoms with van der Waals surface area (Å²) in [7, 11) is 3.04. The lowest BCUT2D eigenvalue weighted by Gasteiger charge is -2.40. The van der Waals surface area contributed by atoms with E-state index in [0.717, 1.165) is 0 Å². The van der Waals surface area contributed by atoms with Crippen LogP contribution in [0.4, 0.5) is 0 Å². The summed E-state index contributed by atoms with van der Waals surface area (Å²) < 4.78 is 15.8. The largest absolute Gasteiger partial charge is 0.493 e. The second-order valence-corrected chi connectivity index (χ2v) is 6.46. The highest BCUT2D eigenvalue weighted by molar-refractivity contribution is 6.12. The maximum absolute atomic E-state index is 12.8. The lowest BCUT2D eigenvalue weighted by Crippen LogP contribution is -2.48. The molecule has 0 saturated carbocycles. The molecule has 1 N–H and O–H groups in total. The molecule has 0 aromatic heterocycles. The number of carbonyl (C=O) groups excluding carboxylic acids is 2. The Morgan fingerprint density at radius 2 is 1.81 bits per heavy atom. The predicted molar refractivity (Wildman–Crippen MR) is 91.3 cm³/mol. The standard InChI is InChI=1S/C20H18O6/c1-24-15-8-7-11(9-16(15)25-2)20(23)13-6-4-3-5-12(13)18(21)17-14(20)10-26-19(17)22/h3-9,14,17,23H,10H2,1-2H3. The van der Waals surface area contributed by atoms with E-state index in [1.54, 1.807) is 42.5 Å². The van der Waals surface area contributed by atoms with Crippen LogP contribution in [0.15, 0.2) is 42.5 Å². The number of ketones is 1. The van der Waals surface area contributed by atoms with E-state index in [4.69, 9.17) is 14.2 Å². The molecule has 1 heterocycles. The van der Waals surface area contributed by atoms with Crippen LogP contribution in [0.2, 0.25) is 0 Å². The number of carbonyl (C=O) groups is 2. The van der Waals surface area contributed by atoms with Crippen molar-refractivity contribution in [2.75, 3.05) is 20.8 Å². The van der Waals surface area contributed by atoms with Gasteiger partial charge in [0.1, 0.15) is 11.5 Å². The van der Waals surface area contributed by atoms with E-state index in [2.05, 4.69) is 0 Å². The summed E-state index contributed by atoms with van der Waals surface area (Å²) in [4.78, 5) is 25.0. The number of benzene rings is 2. The molecule has 0 bridgehead atoms. The van der Waals surface area contributed by atoms with E-state index in [9.17, 15) is 14.7 Å². The summed E-state index contributed by atoms with van der Waals surface area (Å²) in [5.41, 5.74) is -0.231. The second kappa shape index (κ2) is 5.85. The van der Waals surface area contributed by atoms with Gasteiger partial charge in [0.2, 0.25) is 0 Å². The number of cyclic esters (lactones) is 1. The van der Waals surface area contributed by atoms with Gasteiger partial charge in [0.15, 0.2) is 17.3 Å². The first-order chi connectivity index (χ1) is 12.5. The van der Waals surface area contributed by atoms with Crippen molar-refractivity contribution >= 4 is 11.8 Å². The van der Waals surface area contributed by atoms with Crippen molar-refractivity contribution in [1.29, 1.82) is 0 Å². The van der Waals surface area contributed by atoms with Crippen molar-refractivity contribution in [3.63, 3.8) is 0 Å². The summed E-state index contributed by atoms with van der Waals surface area (Å²) in [5.74, 6) is -1.63. The Labute approximate surface area is 150 Å². The van der Waals surface area contributed by atoms with E-state index in [-0.39, 0.29) is 12.4 Å². The monoisotopic (exact) mass is 354 g/mol. The summed E-state index contributed by atoms with van der Waals surface area (Å²) in [6.07, 6.45) is 0. The molecule has 0 spiro atoms. The van der Waals surface area contributed by atoms with Crippen LogP contribution < -0.4 is 9.47 Å². The van der Waals surface area contributed by atoms with Crippen molar-refractivity contribution in [2.24, 2.45) is 11.8 Å². The Bertz CT molecular complexity index is 905. The van der Waals surface area contributed by atoms with Crippen LogP contribution in [0, 0.1) is 11.8 Å². The average Bonchev–Trinajstić information content (AvgIpc) is 3.08. The molecule has 2 aromatic carbocycles. The Balaban J connectivity index is 1.97. The van der Waals surface area contributed by atoms with Crippen LogP contribution in [0.5, 0.6) is 11.5 Å². The van der Waals surface area contributed by atoms with Crippen LogP contribution in [-0.4, -0.2) is 37.7 Å². The minimum Gasteiger partial charge on any atom is -0.493 e. The molecule has 0 amide bonds. The fraction of sp³-hybridized carbons (Fsp3) is 0.300. The maximum Gasteiger partial charge on any atom is 0.317 e. The van der Waals surface area contributed by atoms with Gasteiger partial charge in [0, 0.05) is 5.56 Å². The second-order valence-electron chi connectivity index (χ2n) is 6.46. The van der Waals surface area contributed by atoms with Crippen molar-refractivity contribution in [1.82, 2.24) is 0 Å². The van der Waals surface area contributed by atoms with E-state index in [1.165, 1.54) is 14.2 Å². The SMILES string of the molecule is COc1ccc(C2(O)c3ccccc3C(=O)C3C(=O)OCC32)cc1OC. The van der Waals surface area contributed by atoms with Crippen molar-refractivity contribution in [3.8, 4) is 11.5 Å². The molecule has 4 rings (SSSR count). The van der Waals surface area contributed by atoms with Crippen molar-refractivity contribution in [3.05, 3.63) is 59.2 Å².